The summed E-state index contributed by atoms with van der Waals surface area (Å²) in [5.74, 6) is 2.53. The summed E-state index contributed by atoms with van der Waals surface area (Å²) in [7, 11) is 0. The molecule has 0 aromatic carbocycles. The average Bonchev–Trinajstić information content (AvgIpc) is 3.10. The molecule has 1 aromatic heterocycles. The van der Waals surface area contributed by atoms with Gasteiger partial charge in [0.05, 0.1) is 19.8 Å². The number of aromatic nitrogens is 3. The van der Waals surface area contributed by atoms with Crippen LogP contribution in [0.25, 0.3) is 0 Å². The van der Waals surface area contributed by atoms with Crippen LogP contribution >= 0.6 is 11.8 Å². The zero-order valence-electron chi connectivity index (χ0n) is 19.7. The molecule has 172 valence electrons. The second-order valence-electron chi connectivity index (χ2n) is 8.74. The van der Waals surface area contributed by atoms with E-state index in [0.29, 0.717) is 5.92 Å². The van der Waals surface area contributed by atoms with E-state index in [2.05, 4.69) is 71.2 Å². The van der Waals surface area contributed by atoms with E-state index in [1.807, 2.05) is 0 Å². The normalized spacial score (nSPS) is 16.3. The first-order chi connectivity index (χ1) is 14.4. The lowest BCUT2D eigenvalue weighted by Crippen LogP contribution is -2.52. The predicted octanol–water partition coefficient (Wildman–Crippen LogP) is 2.25. The van der Waals surface area contributed by atoms with Crippen molar-refractivity contribution in [2.75, 3.05) is 52.2 Å². The molecule has 9 heteroatoms. The molecule has 0 bridgehead atoms. The molecule has 0 unspecified atom stereocenters. The Morgan fingerprint density at radius 3 is 2.60 bits per heavy atom. The maximum Gasteiger partial charge on any atom is 0.191 e. The zero-order valence-corrected chi connectivity index (χ0v) is 20.5. The smallest absolute Gasteiger partial charge is 0.191 e. The fraction of sp³-hybridized carbons (Fsp3) is 0.857. The Labute approximate surface area is 186 Å². The molecule has 0 spiro atoms. The van der Waals surface area contributed by atoms with Gasteiger partial charge in [-0.3, -0.25) is 9.89 Å². The van der Waals surface area contributed by atoms with E-state index in [0.717, 1.165) is 82.3 Å². The number of aliphatic imine (C=N–C) groups is 1. The number of nitrogens with zero attached hydrogens (tertiary/aromatic N) is 5. The maximum absolute atomic E-state index is 5.48. The largest absolute Gasteiger partial charge is 0.379 e. The Bertz CT molecular complexity index is 654. The molecule has 0 atom stereocenters. The van der Waals surface area contributed by atoms with Gasteiger partial charge in [0.15, 0.2) is 11.1 Å². The van der Waals surface area contributed by atoms with Crippen molar-refractivity contribution in [2.45, 2.75) is 64.7 Å². The van der Waals surface area contributed by atoms with Gasteiger partial charge in [-0.25, -0.2) is 0 Å². The number of thioether (sulfide) groups is 1. The van der Waals surface area contributed by atoms with Crippen LogP contribution in [0.2, 0.25) is 0 Å². The summed E-state index contributed by atoms with van der Waals surface area (Å²) in [4.78, 5) is 7.32. The van der Waals surface area contributed by atoms with Gasteiger partial charge in [0.2, 0.25) is 0 Å². The maximum atomic E-state index is 5.48. The third-order valence-electron chi connectivity index (χ3n) is 5.23. The van der Waals surface area contributed by atoms with Crippen LogP contribution in [0.15, 0.2) is 10.1 Å². The molecule has 1 aliphatic heterocycles. The highest BCUT2D eigenvalue weighted by atomic mass is 32.2. The van der Waals surface area contributed by atoms with Gasteiger partial charge < -0.3 is 19.9 Å². The van der Waals surface area contributed by atoms with E-state index in [-0.39, 0.29) is 5.54 Å². The first-order valence-electron chi connectivity index (χ1n) is 11.2. The summed E-state index contributed by atoms with van der Waals surface area (Å²) in [6.07, 6.45) is 3.96. The van der Waals surface area contributed by atoms with Crippen molar-refractivity contribution >= 4 is 17.7 Å². The number of morpholine rings is 1. The lowest BCUT2D eigenvalue weighted by Gasteiger charge is -2.39. The molecular formula is C21H41N7OS. The second kappa shape index (κ2) is 12.5. The van der Waals surface area contributed by atoms with E-state index in [1.54, 1.807) is 11.8 Å². The van der Waals surface area contributed by atoms with Crippen molar-refractivity contribution in [3.8, 4) is 0 Å². The van der Waals surface area contributed by atoms with E-state index in [9.17, 15) is 0 Å². The zero-order chi connectivity index (χ0) is 22.0. The molecule has 1 fully saturated rings. The van der Waals surface area contributed by atoms with E-state index >= 15 is 0 Å². The van der Waals surface area contributed by atoms with Gasteiger partial charge in [-0.2, -0.15) is 0 Å². The van der Waals surface area contributed by atoms with Crippen LogP contribution in [0.4, 0.5) is 0 Å². The SMILES string of the molecule is CCNC(=NCC(C)(C)N1CCOCC1)NCCCc1nnc(SC)n1CC(C)C. The summed E-state index contributed by atoms with van der Waals surface area (Å²) in [6.45, 7) is 18.1. The lowest BCUT2D eigenvalue weighted by molar-refractivity contribution is -0.00683. The molecule has 0 amide bonds. The minimum absolute atomic E-state index is 0.0214. The van der Waals surface area contributed by atoms with E-state index < -0.39 is 0 Å². The van der Waals surface area contributed by atoms with Gasteiger partial charge in [-0.1, -0.05) is 25.6 Å². The van der Waals surface area contributed by atoms with E-state index in [4.69, 9.17) is 9.73 Å². The summed E-state index contributed by atoms with van der Waals surface area (Å²) in [5, 5.41) is 16.6. The van der Waals surface area contributed by atoms with Crippen LogP contribution < -0.4 is 10.6 Å². The molecule has 0 saturated carbocycles. The first kappa shape index (κ1) is 24.9. The quantitative estimate of drug-likeness (QED) is 0.237. The van der Waals surface area contributed by atoms with Crippen LogP contribution in [0.1, 0.15) is 46.9 Å². The van der Waals surface area contributed by atoms with Crippen molar-refractivity contribution in [1.82, 2.24) is 30.3 Å². The molecule has 1 saturated heterocycles. The van der Waals surface area contributed by atoms with Gasteiger partial charge in [-0.05, 0) is 39.4 Å². The minimum atomic E-state index is 0.0214. The van der Waals surface area contributed by atoms with Crippen LogP contribution in [0.3, 0.4) is 0 Å². The molecule has 0 aliphatic carbocycles. The van der Waals surface area contributed by atoms with Gasteiger partial charge in [0.1, 0.15) is 5.82 Å². The Morgan fingerprint density at radius 2 is 1.97 bits per heavy atom. The predicted molar refractivity (Wildman–Crippen MR) is 125 cm³/mol. The van der Waals surface area contributed by atoms with Crippen molar-refractivity contribution in [1.29, 1.82) is 0 Å². The molecule has 30 heavy (non-hydrogen) atoms. The molecular weight excluding hydrogens is 398 g/mol. The van der Waals surface area contributed by atoms with E-state index in [1.165, 1.54) is 0 Å². The van der Waals surface area contributed by atoms with Gasteiger partial charge in [0, 0.05) is 44.7 Å². The summed E-state index contributed by atoms with van der Waals surface area (Å²) >= 11 is 1.66. The van der Waals surface area contributed by atoms with Crippen LogP contribution in [0, 0.1) is 5.92 Å². The Morgan fingerprint density at radius 1 is 1.23 bits per heavy atom. The lowest BCUT2D eigenvalue weighted by atomic mass is 10.0. The fourth-order valence-electron chi connectivity index (χ4n) is 3.54. The average molecular weight is 440 g/mol. The number of nitrogens with one attached hydrogen (secondary N) is 2. The van der Waals surface area contributed by atoms with Crippen LogP contribution in [0.5, 0.6) is 0 Å². The minimum Gasteiger partial charge on any atom is -0.379 e. The molecule has 2 N–H and O–H groups in total. The summed E-state index contributed by atoms with van der Waals surface area (Å²) in [6, 6.07) is 0. The Balaban J connectivity index is 1.86. The van der Waals surface area contributed by atoms with Crippen molar-refractivity contribution < 1.29 is 4.74 Å². The molecule has 8 nitrogen and oxygen atoms in total. The fourth-order valence-corrected chi connectivity index (χ4v) is 4.06. The number of ether oxygens (including phenoxy) is 1. The van der Waals surface area contributed by atoms with Crippen molar-refractivity contribution in [3.63, 3.8) is 0 Å². The number of hydrogen-bond acceptors (Lipinski definition) is 6. The molecule has 2 rings (SSSR count). The number of guanidine groups is 1. The monoisotopic (exact) mass is 439 g/mol. The van der Waals surface area contributed by atoms with Crippen molar-refractivity contribution in [2.24, 2.45) is 10.9 Å². The van der Waals surface area contributed by atoms with Crippen molar-refractivity contribution in [3.05, 3.63) is 5.82 Å². The number of hydrogen-bond donors (Lipinski definition) is 2. The highest BCUT2D eigenvalue weighted by Gasteiger charge is 2.28. The van der Waals surface area contributed by atoms with Crippen LogP contribution in [-0.2, 0) is 17.7 Å². The molecule has 1 aromatic rings. The third-order valence-corrected chi connectivity index (χ3v) is 5.90. The Kier molecular flexibility index (Phi) is 10.4. The number of rotatable bonds is 11. The molecule has 1 aliphatic rings. The first-order valence-corrected chi connectivity index (χ1v) is 12.4. The van der Waals surface area contributed by atoms with Gasteiger partial charge >= 0.3 is 0 Å². The number of aryl methyl sites for hydroxylation is 1. The van der Waals surface area contributed by atoms with Gasteiger partial charge in [0.25, 0.3) is 0 Å². The highest BCUT2D eigenvalue weighted by molar-refractivity contribution is 7.98. The summed E-state index contributed by atoms with van der Waals surface area (Å²) < 4.78 is 7.75. The standard InChI is InChI=1S/C21H41N7OS/c1-7-22-19(24-16-21(4,5)27-11-13-29-14-12-27)23-10-8-9-18-25-26-20(30-6)28(18)15-17(2)3/h17H,7-16H2,1-6H3,(H2,22,23,24). The molecule has 2 heterocycles. The van der Waals surface area contributed by atoms with Gasteiger partial charge in [-0.15, -0.1) is 10.2 Å². The molecule has 0 radical (unpaired) electrons. The second-order valence-corrected chi connectivity index (χ2v) is 9.52. The summed E-state index contributed by atoms with van der Waals surface area (Å²) in [5.41, 5.74) is 0.0214. The van der Waals surface area contributed by atoms with Crippen LogP contribution in [-0.4, -0.2) is 83.4 Å². The topological polar surface area (TPSA) is 79.6 Å². The highest BCUT2D eigenvalue weighted by Crippen LogP contribution is 2.17. The third kappa shape index (κ3) is 7.74. The Hall–Kier alpha value is -1.32.